The van der Waals surface area contributed by atoms with Crippen molar-refractivity contribution in [2.75, 3.05) is 6.61 Å². The van der Waals surface area contributed by atoms with E-state index >= 15 is 0 Å². The molecular weight excluding hydrogens is 300 g/mol. The van der Waals surface area contributed by atoms with Gasteiger partial charge in [-0.1, -0.05) is 23.9 Å². The number of rotatable bonds is 5. The van der Waals surface area contributed by atoms with E-state index in [4.69, 9.17) is 4.74 Å². The molecule has 1 aliphatic rings. The Bertz CT molecular complexity index is 768. The molecule has 0 saturated heterocycles. The van der Waals surface area contributed by atoms with Gasteiger partial charge in [0.05, 0.1) is 17.5 Å². The topological polar surface area (TPSA) is 61.2 Å². The second-order valence-corrected chi connectivity index (χ2v) is 6.64. The zero-order chi connectivity index (χ0) is 15.7. The molecule has 0 unspecified atom stereocenters. The first-order valence-corrected chi connectivity index (χ1v) is 8.34. The van der Waals surface area contributed by atoms with Crippen molar-refractivity contribution in [3.8, 4) is 0 Å². The average Bonchev–Trinajstić information content (AvgIpc) is 3.32. The number of hydrogen-bond acceptors (Lipinski definition) is 5. The molecule has 116 valence electrons. The summed E-state index contributed by atoms with van der Waals surface area (Å²) in [4.78, 5) is 29.1. The van der Waals surface area contributed by atoms with Crippen LogP contribution < -0.4 is 5.56 Å². The Morgan fingerprint density at radius 2 is 2.18 bits per heavy atom. The minimum Gasteiger partial charge on any atom is -0.465 e. The van der Waals surface area contributed by atoms with E-state index in [1.165, 1.54) is 11.8 Å². The maximum atomic E-state index is 12.7. The van der Waals surface area contributed by atoms with Crippen molar-refractivity contribution < 1.29 is 9.53 Å². The predicted molar refractivity (Wildman–Crippen MR) is 86.2 cm³/mol. The second kappa shape index (κ2) is 6.12. The van der Waals surface area contributed by atoms with Gasteiger partial charge in [0.1, 0.15) is 5.25 Å². The van der Waals surface area contributed by atoms with Crippen LogP contribution in [0.5, 0.6) is 0 Å². The highest BCUT2D eigenvalue weighted by Crippen LogP contribution is 2.37. The number of fused-ring (bicyclic) bond motifs is 1. The average molecular weight is 318 g/mol. The third-order valence-corrected chi connectivity index (χ3v) is 4.63. The number of carbonyl (C=O) groups excluding carboxylic acids is 1. The third kappa shape index (κ3) is 2.88. The summed E-state index contributed by atoms with van der Waals surface area (Å²) >= 11 is 1.29. The fraction of sp³-hybridized carbons (Fsp3) is 0.438. The Morgan fingerprint density at radius 1 is 1.45 bits per heavy atom. The van der Waals surface area contributed by atoms with E-state index in [0.717, 1.165) is 12.8 Å². The van der Waals surface area contributed by atoms with Gasteiger partial charge in [-0.2, -0.15) is 0 Å². The molecule has 1 saturated carbocycles. The molecule has 1 aromatic carbocycles. The Hall–Kier alpha value is -1.82. The number of para-hydroxylation sites is 1. The van der Waals surface area contributed by atoms with E-state index in [0.29, 0.717) is 22.7 Å². The van der Waals surface area contributed by atoms with Crippen LogP contribution >= 0.6 is 11.8 Å². The Kier molecular flexibility index (Phi) is 4.20. The van der Waals surface area contributed by atoms with Gasteiger partial charge >= 0.3 is 5.97 Å². The first-order chi connectivity index (χ1) is 10.6. The van der Waals surface area contributed by atoms with Crippen molar-refractivity contribution in [1.29, 1.82) is 0 Å². The SMILES string of the molecule is CCOC(=O)[C@H](C)Sc1nc2ccccc2c(=O)n1C1CC1. The number of nitrogens with zero attached hydrogens (tertiary/aromatic N) is 2. The molecular formula is C16H18N2O3S. The van der Waals surface area contributed by atoms with Gasteiger partial charge in [0.25, 0.3) is 5.56 Å². The lowest BCUT2D eigenvalue weighted by Gasteiger charge is -2.15. The zero-order valence-corrected chi connectivity index (χ0v) is 13.4. The molecule has 1 atom stereocenters. The molecule has 1 aromatic heterocycles. The van der Waals surface area contributed by atoms with Crippen LogP contribution in [0.1, 0.15) is 32.7 Å². The molecule has 0 spiro atoms. The molecule has 6 heteroatoms. The van der Waals surface area contributed by atoms with Crippen molar-refractivity contribution in [3.63, 3.8) is 0 Å². The summed E-state index contributed by atoms with van der Waals surface area (Å²) in [5, 5.41) is 0.840. The minimum absolute atomic E-state index is 0.0216. The summed E-state index contributed by atoms with van der Waals surface area (Å²) < 4.78 is 6.77. The number of carbonyl (C=O) groups is 1. The molecule has 1 aliphatic carbocycles. The monoisotopic (exact) mass is 318 g/mol. The third-order valence-electron chi connectivity index (χ3n) is 3.59. The van der Waals surface area contributed by atoms with Gasteiger partial charge in [0.2, 0.25) is 0 Å². The van der Waals surface area contributed by atoms with E-state index in [-0.39, 0.29) is 17.6 Å². The fourth-order valence-corrected chi connectivity index (χ4v) is 3.31. The lowest BCUT2D eigenvalue weighted by Crippen LogP contribution is -2.24. The molecule has 3 rings (SSSR count). The highest BCUT2D eigenvalue weighted by Gasteiger charge is 2.30. The maximum absolute atomic E-state index is 12.7. The first kappa shape index (κ1) is 15.1. The van der Waals surface area contributed by atoms with Crippen molar-refractivity contribution in [2.45, 2.75) is 43.1 Å². The number of aromatic nitrogens is 2. The second-order valence-electron chi connectivity index (χ2n) is 5.33. The van der Waals surface area contributed by atoms with Gasteiger partial charge in [-0.3, -0.25) is 14.2 Å². The fourth-order valence-electron chi connectivity index (χ4n) is 2.33. The van der Waals surface area contributed by atoms with E-state index in [9.17, 15) is 9.59 Å². The normalized spacial score (nSPS) is 15.7. The van der Waals surface area contributed by atoms with E-state index in [1.54, 1.807) is 24.5 Å². The highest BCUT2D eigenvalue weighted by molar-refractivity contribution is 8.00. The minimum atomic E-state index is -0.391. The Morgan fingerprint density at radius 3 is 2.86 bits per heavy atom. The Labute approximate surface area is 132 Å². The largest absolute Gasteiger partial charge is 0.465 e. The summed E-state index contributed by atoms with van der Waals surface area (Å²) in [6.45, 7) is 3.91. The summed E-state index contributed by atoms with van der Waals surface area (Å²) in [5.74, 6) is -0.280. The number of hydrogen-bond donors (Lipinski definition) is 0. The molecule has 0 N–H and O–H groups in total. The van der Waals surface area contributed by atoms with Crippen LogP contribution in [0.3, 0.4) is 0 Å². The van der Waals surface area contributed by atoms with Crippen LogP contribution in [0.4, 0.5) is 0 Å². The zero-order valence-electron chi connectivity index (χ0n) is 12.6. The van der Waals surface area contributed by atoms with Gasteiger partial charge < -0.3 is 4.74 Å². The van der Waals surface area contributed by atoms with E-state index < -0.39 is 5.25 Å². The molecule has 22 heavy (non-hydrogen) atoms. The number of ether oxygens (including phenoxy) is 1. The van der Waals surface area contributed by atoms with Crippen LogP contribution in [0.2, 0.25) is 0 Å². The molecule has 0 bridgehead atoms. The molecule has 0 amide bonds. The van der Waals surface area contributed by atoms with Gasteiger partial charge in [0.15, 0.2) is 5.16 Å². The van der Waals surface area contributed by atoms with Crippen molar-refractivity contribution in [2.24, 2.45) is 0 Å². The molecule has 1 heterocycles. The molecule has 0 radical (unpaired) electrons. The number of esters is 1. The van der Waals surface area contributed by atoms with Crippen molar-refractivity contribution >= 4 is 28.6 Å². The highest BCUT2D eigenvalue weighted by atomic mass is 32.2. The summed E-state index contributed by atoms with van der Waals surface area (Å²) in [5.41, 5.74) is 0.648. The van der Waals surface area contributed by atoms with Gasteiger partial charge in [-0.25, -0.2) is 4.98 Å². The summed E-state index contributed by atoms with van der Waals surface area (Å²) in [6, 6.07) is 7.54. The lowest BCUT2D eigenvalue weighted by atomic mass is 10.2. The maximum Gasteiger partial charge on any atom is 0.319 e. The van der Waals surface area contributed by atoms with Crippen LogP contribution in [-0.2, 0) is 9.53 Å². The summed E-state index contributed by atoms with van der Waals surface area (Å²) in [7, 11) is 0. The smallest absolute Gasteiger partial charge is 0.319 e. The number of thioether (sulfide) groups is 1. The standard InChI is InChI=1S/C16H18N2O3S/c1-3-21-15(20)10(2)22-16-17-13-7-5-4-6-12(13)14(19)18(16)11-8-9-11/h4-7,10-11H,3,8-9H2,1-2H3/t10-/m0/s1. The van der Waals surface area contributed by atoms with Gasteiger partial charge in [-0.05, 0) is 38.8 Å². The Balaban J connectivity index is 2.02. The van der Waals surface area contributed by atoms with Crippen LogP contribution in [0.25, 0.3) is 10.9 Å². The molecule has 5 nitrogen and oxygen atoms in total. The van der Waals surface area contributed by atoms with Crippen molar-refractivity contribution in [3.05, 3.63) is 34.6 Å². The molecule has 0 aliphatic heterocycles. The van der Waals surface area contributed by atoms with Crippen LogP contribution in [0.15, 0.2) is 34.2 Å². The molecule has 1 fully saturated rings. The first-order valence-electron chi connectivity index (χ1n) is 7.46. The predicted octanol–water partition coefficient (Wildman–Crippen LogP) is 2.78. The lowest BCUT2D eigenvalue weighted by molar-refractivity contribution is -0.142. The number of benzene rings is 1. The van der Waals surface area contributed by atoms with Gasteiger partial charge in [-0.15, -0.1) is 0 Å². The molecule has 2 aromatic rings. The van der Waals surface area contributed by atoms with E-state index in [2.05, 4.69) is 4.98 Å². The van der Waals surface area contributed by atoms with Gasteiger partial charge in [0, 0.05) is 6.04 Å². The summed E-state index contributed by atoms with van der Waals surface area (Å²) in [6.07, 6.45) is 1.97. The van der Waals surface area contributed by atoms with E-state index in [1.807, 2.05) is 18.2 Å². The van der Waals surface area contributed by atoms with Crippen LogP contribution in [-0.4, -0.2) is 27.4 Å². The quantitative estimate of drug-likeness (QED) is 0.482. The van der Waals surface area contributed by atoms with Crippen LogP contribution in [0, 0.1) is 0 Å². The van der Waals surface area contributed by atoms with Crippen molar-refractivity contribution in [1.82, 2.24) is 9.55 Å².